The van der Waals surface area contributed by atoms with Crippen LogP contribution in [0.4, 0.5) is 0 Å². The summed E-state index contributed by atoms with van der Waals surface area (Å²) in [6.45, 7) is 2.85. The van der Waals surface area contributed by atoms with E-state index in [0.29, 0.717) is 38.7 Å². The van der Waals surface area contributed by atoms with Crippen molar-refractivity contribution in [1.82, 2.24) is 0 Å². The molecular weight excluding hydrogens is 258 g/mol. The fraction of sp³-hybridized carbons (Fsp3) is 0.600. The summed E-state index contributed by atoms with van der Waals surface area (Å²) in [6, 6.07) is 5.61. The molecule has 110 valence electrons. The van der Waals surface area contributed by atoms with Gasteiger partial charge in [0.15, 0.2) is 11.5 Å². The SMILES string of the molecule is NCC1(C(O)c2ccc3c(c2)OCCCO3)CCOC1. The molecule has 5 nitrogen and oxygen atoms in total. The van der Waals surface area contributed by atoms with Crippen LogP contribution in [0.5, 0.6) is 11.5 Å². The maximum atomic E-state index is 10.7. The van der Waals surface area contributed by atoms with Gasteiger partial charge < -0.3 is 25.1 Å². The van der Waals surface area contributed by atoms with E-state index in [1.54, 1.807) is 0 Å². The highest BCUT2D eigenvalue weighted by Crippen LogP contribution is 2.42. The van der Waals surface area contributed by atoms with E-state index >= 15 is 0 Å². The lowest BCUT2D eigenvalue weighted by atomic mass is 9.78. The molecule has 20 heavy (non-hydrogen) atoms. The molecule has 1 aromatic carbocycles. The molecule has 2 heterocycles. The van der Waals surface area contributed by atoms with Crippen LogP contribution < -0.4 is 15.2 Å². The number of ether oxygens (including phenoxy) is 3. The minimum Gasteiger partial charge on any atom is -0.490 e. The van der Waals surface area contributed by atoms with E-state index in [0.717, 1.165) is 24.2 Å². The topological polar surface area (TPSA) is 73.9 Å². The van der Waals surface area contributed by atoms with Gasteiger partial charge in [-0.2, -0.15) is 0 Å². The maximum absolute atomic E-state index is 10.7. The van der Waals surface area contributed by atoms with Crippen molar-refractivity contribution in [2.45, 2.75) is 18.9 Å². The van der Waals surface area contributed by atoms with Crippen molar-refractivity contribution in [2.75, 3.05) is 33.0 Å². The molecule has 1 saturated heterocycles. The minimum absolute atomic E-state index is 0.389. The molecular formula is C15H21NO4. The Balaban J connectivity index is 1.88. The van der Waals surface area contributed by atoms with Gasteiger partial charge in [-0.05, 0) is 24.1 Å². The van der Waals surface area contributed by atoms with Gasteiger partial charge in [-0.15, -0.1) is 0 Å². The molecule has 2 atom stereocenters. The number of aliphatic hydroxyl groups is 1. The molecule has 3 rings (SSSR count). The second kappa shape index (κ2) is 5.60. The molecule has 0 saturated carbocycles. The highest BCUT2D eigenvalue weighted by Gasteiger charge is 2.41. The standard InChI is InChI=1S/C15H21NO4/c16-9-15(4-7-18-10-15)14(17)11-2-3-12-13(8-11)20-6-1-5-19-12/h2-3,8,14,17H,1,4-7,9-10,16H2. The van der Waals surface area contributed by atoms with E-state index in [4.69, 9.17) is 19.9 Å². The molecule has 2 aliphatic heterocycles. The van der Waals surface area contributed by atoms with Crippen molar-refractivity contribution in [1.29, 1.82) is 0 Å². The van der Waals surface area contributed by atoms with E-state index in [2.05, 4.69) is 0 Å². The number of nitrogens with two attached hydrogens (primary N) is 1. The van der Waals surface area contributed by atoms with E-state index in [-0.39, 0.29) is 5.41 Å². The molecule has 2 unspecified atom stereocenters. The Morgan fingerprint density at radius 1 is 1.20 bits per heavy atom. The van der Waals surface area contributed by atoms with Gasteiger partial charge in [-0.1, -0.05) is 6.07 Å². The second-order valence-electron chi connectivity index (χ2n) is 5.53. The Bertz CT molecular complexity index is 471. The third kappa shape index (κ3) is 2.37. The minimum atomic E-state index is -0.646. The van der Waals surface area contributed by atoms with E-state index in [1.807, 2.05) is 18.2 Å². The molecule has 0 spiro atoms. The lowest BCUT2D eigenvalue weighted by Crippen LogP contribution is -2.37. The van der Waals surface area contributed by atoms with Crippen LogP contribution in [-0.2, 0) is 4.74 Å². The van der Waals surface area contributed by atoms with Crippen molar-refractivity contribution < 1.29 is 19.3 Å². The van der Waals surface area contributed by atoms with Gasteiger partial charge in [0.1, 0.15) is 0 Å². The van der Waals surface area contributed by atoms with Gasteiger partial charge in [0.2, 0.25) is 0 Å². The summed E-state index contributed by atoms with van der Waals surface area (Å²) in [6.07, 6.45) is 0.999. The van der Waals surface area contributed by atoms with Crippen LogP contribution in [0.2, 0.25) is 0 Å². The number of hydrogen-bond acceptors (Lipinski definition) is 5. The molecule has 0 aromatic heterocycles. The quantitative estimate of drug-likeness (QED) is 0.871. The predicted molar refractivity (Wildman–Crippen MR) is 73.9 cm³/mol. The maximum Gasteiger partial charge on any atom is 0.161 e. The largest absolute Gasteiger partial charge is 0.490 e. The van der Waals surface area contributed by atoms with Crippen molar-refractivity contribution >= 4 is 0 Å². The molecule has 2 aliphatic rings. The number of rotatable bonds is 3. The molecule has 1 fully saturated rings. The molecule has 3 N–H and O–H groups in total. The Morgan fingerprint density at radius 2 is 2.00 bits per heavy atom. The van der Waals surface area contributed by atoms with Crippen LogP contribution in [0.15, 0.2) is 18.2 Å². The highest BCUT2D eigenvalue weighted by atomic mass is 16.5. The molecule has 1 aromatic rings. The summed E-state index contributed by atoms with van der Waals surface area (Å²) in [5, 5.41) is 10.7. The molecule has 0 radical (unpaired) electrons. The molecule has 5 heteroatoms. The summed E-state index contributed by atoms with van der Waals surface area (Å²) < 4.78 is 16.7. The van der Waals surface area contributed by atoms with Gasteiger partial charge in [0.25, 0.3) is 0 Å². The smallest absolute Gasteiger partial charge is 0.161 e. The number of fused-ring (bicyclic) bond motifs is 1. The van der Waals surface area contributed by atoms with E-state index in [9.17, 15) is 5.11 Å². The Morgan fingerprint density at radius 3 is 2.70 bits per heavy atom. The third-order valence-electron chi connectivity index (χ3n) is 4.21. The number of hydrogen-bond donors (Lipinski definition) is 2. The lowest BCUT2D eigenvalue weighted by Gasteiger charge is -2.31. The first-order valence-electron chi connectivity index (χ1n) is 7.11. The van der Waals surface area contributed by atoms with Crippen molar-refractivity contribution in [3.05, 3.63) is 23.8 Å². The van der Waals surface area contributed by atoms with Crippen molar-refractivity contribution in [3.8, 4) is 11.5 Å². The molecule has 0 amide bonds. The second-order valence-corrected chi connectivity index (χ2v) is 5.53. The predicted octanol–water partition coefficient (Wildman–Crippen LogP) is 1.25. The highest BCUT2D eigenvalue weighted by molar-refractivity contribution is 5.44. The number of benzene rings is 1. The fourth-order valence-electron chi connectivity index (χ4n) is 2.81. The van der Waals surface area contributed by atoms with E-state index < -0.39 is 6.10 Å². The van der Waals surface area contributed by atoms with Gasteiger partial charge >= 0.3 is 0 Å². The normalized spacial score (nSPS) is 27.1. The van der Waals surface area contributed by atoms with Crippen LogP contribution in [0.25, 0.3) is 0 Å². The molecule has 0 bridgehead atoms. The van der Waals surface area contributed by atoms with Gasteiger partial charge in [0, 0.05) is 25.0 Å². The summed E-state index contributed by atoms with van der Waals surface area (Å²) in [7, 11) is 0. The van der Waals surface area contributed by atoms with Crippen LogP contribution in [-0.4, -0.2) is 38.1 Å². The van der Waals surface area contributed by atoms with Crippen LogP contribution in [0, 0.1) is 5.41 Å². The zero-order valence-corrected chi connectivity index (χ0v) is 11.5. The first-order chi connectivity index (χ1) is 9.75. The molecule has 0 aliphatic carbocycles. The fourth-order valence-corrected chi connectivity index (χ4v) is 2.81. The Kier molecular flexibility index (Phi) is 3.83. The zero-order valence-electron chi connectivity index (χ0n) is 11.5. The summed E-state index contributed by atoms with van der Waals surface area (Å²) in [4.78, 5) is 0. The van der Waals surface area contributed by atoms with Crippen LogP contribution >= 0.6 is 0 Å². The van der Waals surface area contributed by atoms with Crippen LogP contribution in [0.1, 0.15) is 24.5 Å². The summed E-state index contributed by atoms with van der Waals surface area (Å²) in [5.74, 6) is 1.44. The van der Waals surface area contributed by atoms with E-state index in [1.165, 1.54) is 0 Å². The Labute approximate surface area is 118 Å². The van der Waals surface area contributed by atoms with Crippen molar-refractivity contribution in [3.63, 3.8) is 0 Å². The third-order valence-corrected chi connectivity index (χ3v) is 4.21. The number of aliphatic hydroxyl groups excluding tert-OH is 1. The van der Waals surface area contributed by atoms with Crippen molar-refractivity contribution in [2.24, 2.45) is 11.1 Å². The Hall–Kier alpha value is -1.30. The lowest BCUT2D eigenvalue weighted by molar-refractivity contribution is 0.0189. The summed E-state index contributed by atoms with van der Waals surface area (Å²) in [5.41, 5.74) is 6.30. The van der Waals surface area contributed by atoms with Gasteiger partial charge in [-0.3, -0.25) is 0 Å². The first kappa shape index (κ1) is 13.7. The van der Waals surface area contributed by atoms with Gasteiger partial charge in [0.05, 0.1) is 25.9 Å². The zero-order chi connectivity index (χ0) is 14.0. The average Bonchev–Trinajstić information content (AvgIpc) is 2.85. The first-order valence-corrected chi connectivity index (χ1v) is 7.11. The van der Waals surface area contributed by atoms with Gasteiger partial charge in [-0.25, -0.2) is 0 Å². The summed E-state index contributed by atoms with van der Waals surface area (Å²) >= 11 is 0. The average molecular weight is 279 g/mol. The monoisotopic (exact) mass is 279 g/mol. The van der Waals surface area contributed by atoms with Crippen LogP contribution in [0.3, 0.4) is 0 Å².